The second-order valence-electron chi connectivity index (χ2n) is 6.52. The molecule has 0 bridgehead atoms. The van der Waals surface area contributed by atoms with Crippen molar-refractivity contribution in [2.75, 3.05) is 39.8 Å². The predicted molar refractivity (Wildman–Crippen MR) is 99.3 cm³/mol. The van der Waals surface area contributed by atoms with Gasteiger partial charge in [0.2, 0.25) is 15.9 Å². The first-order valence-electron chi connectivity index (χ1n) is 8.88. The van der Waals surface area contributed by atoms with Gasteiger partial charge in [-0.1, -0.05) is 19.4 Å². The van der Waals surface area contributed by atoms with E-state index in [-0.39, 0.29) is 29.8 Å². The molecule has 7 nitrogen and oxygen atoms in total. The number of carbonyl (C=O) groups excluding carboxylic acids is 2. The summed E-state index contributed by atoms with van der Waals surface area (Å²) in [7, 11) is -1.96. The first-order valence-corrected chi connectivity index (χ1v) is 10.3. The maximum absolute atomic E-state index is 12.9. The Balaban J connectivity index is 2.16. The second-order valence-corrected chi connectivity index (χ2v) is 8.46. The van der Waals surface area contributed by atoms with E-state index in [4.69, 9.17) is 0 Å². The largest absolute Gasteiger partial charge is 0.342 e. The number of unbranched alkanes of at least 4 members (excludes halogenated alkanes) is 1. The molecule has 0 atom stereocenters. The van der Waals surface area contributed by atoms with Crippen LogP contribution >= 0.6 is 0 Å². The van der Waals surface area contributed by atoms with E-state index in [0.29, 0.717) is 25.2 Å². The number of carbonyl (C=O) groups is 2. The van der Waals surface area contributed by atoms with Crippen molar-refractivity contribution >= 4 is 21.8 Å². The summed E-state index contributed by atoms with van der Waals surface area (Å²) in [5, 5.41) is 0. The average molecular weight is 381 g/mol. The number of nitrogens with zero attached hydrogens (tertiary/aromatic N) is 3. The highest BCUT2D eigenvalue weighted by Gasteiger charge is 2.29. The summed E-state index contributed by atoms with van der Waals surface area (Å²) in [5.41, 5.74) is 0.368. The van der Waals surface area contributed by atoms with E-state index >= 15 is 0 Å². The van der Waals surface area contributed by atoms with E-state index in [9.17, 15) is 18.0 Å². The molecule has 1 fully saturated rings. The van der Waals surface area contributed by atoms with Gasteiger partial charge in [-0.2, -0.15) is 4.31 Å². The Bertz CT molecular complexity index is 755. The molecular weight excluding hydrogens is 354 g/mol. The molecular formula is C18H27N3O4S. The van der Waals surface area contributed by atoms with Crippen LogP contribution in [0.15, 0.2) is 29.2 Å². The van der Waals surface area contributed by atoms with Crippen molar-refractivity contribution in [3.63, 3.8) is 0 Å². The Kier molecular flexibility index (Phi) is 6.77. The minimum Gasteiger partial charge on any atom is -0.342 e. The Morgan fingerprint density at radius 3 is 2.38 bits per heavy atom. The maximum Gasteiger partial charge on any atom is 0.253 e. The lowest BCUT2D eigenvalue weighted by Crippen LogP contribution is -2.49. The van der Waals surface area contributed by atoms with Crippen molar-refractivity contribution in [1.82, 2.24) is 14.1 Å². The average Bonchev–Trinajstić information content (AvgIpc) is 2.65. The Labute approximate surface area is 155 Å². The molecule has 2 rings (SSSR count). The molecule has 1 heterocycles. The lowest BCUT2D eigenvalue weighted by atomic mass is 10.2. The monoisotopic (exact) mass is 381 g/mol. The minimum absolute atomic E-state index is 0.0511. The Morgan fingerprint density at radius 1 is 1.15 bits per heavy atom. The van der Waals surface area contributed by atoms with E-state index < -0.39 is 10.0 Å². The zero-order chi connectivity index (χ0) is 19.3. The molecule has 26 heavy (non-hydrogen) atoms. The zero-order valence-electron chi connectivity index (χ0n) is 15.6. The molecule has 0 aromatic heterocycles. The summed E-state index contributed by atoms with van der Waals surface area (Å²) >= 11 is 0. The first kappa shape index (κ1) is 20.4. The molecule has 0 N–H and O–H groups in total. The molecule has 2 amide bonds. The lowest BCUT2D eigenvalue weighted by Gasteiger charge is -2.33. The normalized spacial score (nSPS) is 15.7. The Morgan fingerprint density at radius 2 is 1.81 bits per heavy atom. The zero-order valence-corrected chi connectivity index (χ0v) is 16.5. The number of hydrogen-bond donors (Lipinski definition) is 0. The van der Waals surface area contributed by atoms with Gasteiger partial charge in [0, 0.05) is 52.3 Å². The molecule has 0 aliphatic carbocycles. The topological polar surface area (TPSA) is 78.0 Å². The van der Waals surface area contributed by atoms with Gasteiger partial charge in [0.05, 0.1) is 4.90 Å². The molecule has 1 aliphatic heterocycles. The fraction of sp³-hybridized carbons (Fsp3) is 0.556. The molecule has 0 unspecified atom stereocenters. The molecule has 1 aliphatic rings. The highest BCUT2D eigenvalue weighted by molar-refractivity contribution is 7.89. The predicted octanol–water partition coefficient (Wildman–Crippen LogP) is 1.41. The molecule has 144 valence electrons. The smallest absolute Gasteiger partial charge is 0.253 e. The van der Waals surface area contributed by atoms with Gasteiger partial charge >= 0.3 is 0 Å². The van der Waals surface area contributed by atoms with Crippen LogP contribution in [-0.2, 0) is 14.8 Å². The number of sulfonamides is 1. The van der Waals surface area contributed by atoms with E-state index in [1.165, 1.54) is 23.4 Å². The van der Waals surface area contributed by atoms with Gasteiger partial charge in [0.1, 0.15) is 0 Å². The molecule has 1 saturated heterocycles. The summed E-state index contributed by atoms with van der Waals surface area (Å²) in [6.45, 7) is 5.46. The molecule has 0 radical (unpaired) electrons. The van der Waals surface area contributed by atoms with Crippen molar-refractivity contribution in [2.45, 2.75) is 31.6 Å². The number of amides is 2. The van der Waals surface area contributed by atoms with Gasteiger partial charge in [0.15, 0.2) is 0 Å². The van der Waals surface area contributed by atoms with E-state index in [0.717, 1.165) is 12.8 Å². The fourth-order valence-corrected chi connectivity index (χ4v) is 4.37. The van der Waals surface area contributed by atoms with Crippen molar-refractivity contribution in [1.29, 1.82) is 0 Å². The second kappa shape index (κ2) is 8.64. The van der Waals surface area contributed by atoms with E-state index in [1.54, 1.807) is 29.0 Å². The summed E-state index contributed by atoms with van der Waals surface area (Å²) in [5.74, 6) is -0.235. The third kappa shape index (κ3) is 4.62. The number of benzene rings is 1. The standard InChI is InChI=1S/C18H27N3O4S/c1-4-5-9-19(3)18(23)16-7-6-8-17(14-16)26(24,25)21-12-10-20(11-13-21)15(2)22/h6-8,14H,4-5,9-13H2,1-3H3. The van der Waals surface area contributed by atoms with Crippen LogP contribution < -0.4 is 0 Å². The van der Waals surface area contributed by atoms with Crippen LogP contribution in [-0.4, -0.2) is 74.1 Å². The third-order valence-electron chi connectivity index (χ3n) is 4.60. The van der Waals surface area contributed by atoms with Crippen LogP contribution in [0.25, 0.3) is 0 Å². The molecule has 0 saturated carbocycles. The SMILES string of the molecule is CCCCN(C)C(=O)c1cccc(S(=O)(=O)N2CCN(C(C)=O)CC2)c1. The number of hydrogen-bond acceptors (Lipinski definition) is 4. The minimum atomic E-state index is -3.69. The van der Waals surface area contributed by atoms with Gasteiger partial charge in [-0.25, -0.2) is 8.42 Å². The van der Waals surface area contributed by atoms with Gasteiger partial charge < -0.3 is 9.80 Å². The fourth-order valence-electron chi connectivity index (χ4n) is 2.90. The number of rotatable bonds is 6. The van der Waals surface area contributed by atoms with Crippen LogP contribution in [0.5, 0.6) is 0 Å². The van der Waals surface area contributed by atoms with Crippen LogP contribution in [0.2, 0.25) is 0 Å². The summed E-state index contributed by atoms with van der Waals surface area (Å²) < 4.78 is 27.1. The third-order valence-corrected chi connectivity index (χ3v) is 6.49. The summed E-state index contributed by atoms with van der Waals surface area (Å²) in [6.07, 6.45) is 1.89. The van der Waals surface area contributed by atoms with Crippen molar-refractivity contribution < 1.29 is 18.0 Å². The summed E-state index contributed by atoms with van der Waals surface area (Å²) in [6, 6.07) is 6.18. The Hall–Kier alpha value is -1.93. The van der Waals surface area contributed by atoms with Crippen molar-refractivity contribution in [3.8, 4) is 0 Å². The van der Waals surface area contributed by atoms with E-state index in [1.807, 2.05) is 0 Å². The molecule has 1 aromatic rings. The van der Waals surface area contributed by atoms with Gasteiger partial charge in [-0.3, -0.25) is 9.59 Å². The first-order chi connectivity index (χ1) is 12.3. The van der Waals surface area contributed by atoms with Gasteiger partial charge in [-0.15, -0.1) is 0 Å². The highest BCUT2D eigenvalue weighted by Crippen LogP contribution is 2.19. The highest BCUT2D eigenvalue weighted by atomic mass is 32.2. The van der Waals surface area contributed by atoms with Crippen molar-refractivity contribution in [2.24, 2.45) is 0 Å². The van der Waals surface area contributed by atoms with Crippen molar-refractivity contribution in [3.05, 3.63) is 29.8 Å². The maximum atomic E-state index is 12.9. The molecule has 1 aromatic carbocycles. The number of piperazine rings is 1. The molecule has 0 spiro atoms. The quantitative estimate of drug-likeness (QED) is 0.746. The van der Waals surface area contributed by atoms with Crippen LogP contribution in [0.4, 0.5) is 0 Å². The van der Waals surface area contributed by atoms with Gasteiger partial charge in [0.25, 0.3) is 5.91 Å². The van der Waals surface area contributed by atoms with Gasteiger partial charge in [-0.05, 0) is 24.6 Å². The molecule has 8 heteroatoms. The summed E-state index contributed by atoms with van der Waals surface area (Å²) in [4.78, 5) is 27.3. The van der Waals surface area contributed by atoms with E-state index in [2.05, 4.69) is 6.92 Å². The van der Waals surface area contributed by atoms with Crippen LogP contribution in [0.1, 0.15) is 37.0 Å². The van der Waals surface area contributed by atoms with Crippen LogP contribution in [0, 0.1) is 0 Å². The van der Waals surface area contributed by atoms with Crippen LogP contribution in [0.3, 0.4) is 0 Å². The lowest BCUT2D eigenvalue weighted by molar-refractivity contribution is -0.129.